The number of aryl methyl sites for hydroxylation is 1. The lowest BCUT2D eigenvalue weighted by atomic mass is 10.1. The Bertz CT molecular complexity index is 445. The maximum Gasteiger partial charge on any atom is 0.0696 e. The predicted molar refractivity (Wildman–Crippen MR) is 60.6 cm³/mol. The van der Waals surface area contributed by atoms with Crippen molar-refractivity contribution in [1.82, 2.24) is 4.57 Å². The monoisotopic (exact) mass is 201 g/mol. The van der Waals surface area contributed by atoms with Crippen molar-refractivity contribution < 1.29 is 5.11 Å². The van der Waals surface area contributed by atoms with Crippen LogP contribution in [-0.4, -0.2) is 9.67 Å². The van der Waals surface area contributed by atoms with Crippen LogP contribution in [0.5, 0.6) is 0 Å². The van der Waals surface area contributed by atoms with Gasteiger partial charge in [-0.15, -0.1) is 0 Å². The average Bonchev–Trinajstić information content (AvgIpc) is 2.69. The third kappa shape index (κ3) is 2.28. The third-order valence-corrected chi connectivity index (χ3v) is 2.61. The second-order valence-electron chi connectivity index (χ2n) is 3.78. The highest BCUT2D eigenvalue weighted by Crippen LogP contribution is 2.10. The molecule has 0 radical (unpaired) electrons. The molecule has 15 heavy (non-hydrogen) atoms. The molecule has 2 rings (SSSR count). The van der Waals surface area contributed by atoms with Crippen molar-refractivity contribution in [3.8, 4) is 0 Å². The lowest BCUT2D eigenvalue weighted by molar-refractivity contribution is 0.282. The van der Waals surface area contributed by atoms with Crippen LogP contribution < -0.4 is 0 Å². The highest BCUT2D eigenvalue weighted by molar-refractivity contribution is 5.26. The first-order valence-corrected chi connectivity index (χ1v) is 5.09. The second-order valence-corrected chi connectivity index (χ2v) is 3.78. The van der Waals surface area contributed by atoms with Crippen molar-refractivity contribution >= 4 is 0 Å². The van der Waals surface area contributed by atoms with Gasteiger partial charge in [0.05, 0.1) is 6.61 Å². The van der Waals surface area contributed by atoms with E-state index >= 15 is 0 Å². The minimum absolute atomic E-state index is 0.112. The van der Waals surface area contributed by atoms with Crippen LogP contribution >= 0.6 is 0 Å². The normalized spacial score (nSPS) is 10.5. The summed E-state index contributed by atoms with van der Waals surface area (Å²) in [7, 11) is 0. The zero-order chi connectivity index (χ0) is 10.7. The van der Waals surface area contributed by atoms with E-state index < -0.39 is 0 Å². The number of aliphatic hydroxyl groups is 1. The first kappa shape index (κ1) is 9.99. The van der Waals surface area contributed by atoms with E-state index in [0.717, 1.165) is 12.1 Å². The third-order valence-electron chi connectivity index (χ3n) is 2.61. The molecule has 2 nitrogen and oxygen atoms in total. The number of nitrogens with zero attached hydrogens (tertiary/aromatic N) is 1. The van der Waals surface area contributed by atoms with Gasteiger partial charge in [-0.25, -0.2) is 0 Å². The molecule has 78 valence electrons. The van der Waals surface area contributed by atoms with Crippen molar-refractivity contribution in [1.29, 1.82) is 0 Å². The van der Waals surface area contributed by atoms with Gasteiger partial charge in [-0.05, 0) is 29.7 Å². The molecule has 0 aliphatic carbocycles. The average molecular weight is 201 g/mol. The van der Waals surface area contributed by atoms with E-state index in [1.54, 1.807) is 0 Å². The molecule has 0 saturated carbocycles. The quantitative estimate of drug-likeness (QED) is 0.810. The lowest BCUT2D eigenvalue weighted by Gasteiger charge is -2.06. The molecule has 0 amide bonds. The molecule has 0 spiro atoms. The minimum Gasteiger partial charge on any atom is -0.392 e. The van der Waals surface area contributed by atoms with E-state index in [1.807, 2.05) is 24.5 Å². The van der Waals surface area contributed by atoms with Gasteiger partial charge in [-0.2, -0.15) is 0 Å². The number of aromatic nitrogens is 1. The highest BCUT2D eigenvalue weighted by atomic mass is 16.3. The van der Waals surface area contributed by atoms with Crippen LogP contribution in [0.15, 0.2) is 42.7 Å². The minimum atomic E-state index is 0.112. The SMILES string of the molecule is Cc1ccccc1Cn1ccc(CO)c1. The Balaban J connectivity index is 2.18. The summed E-state index contributed by atoms with van der Waals surface area (Å²) < 4.78 is 2.09. The van der Waals surface area contributed by atoms with Gasteiger partial charge in [0.1, 0.15) is 0 Å². The van der Waals surface area contributed by atoms with Gasteiger partial charge in [0.2, 0.25) is 0 Å². The number of rotatable bonds is 3. The molecule has 1 aromatic carbocycles. The summed E-state index contributed by atoms with van der Waals surface area (Å²) in [6.07, 6.45) is 3.98. The molecular weight excluding hydrogens is 186 g/mol. The van der Waals surface area contributed by atoms with Crippen LogP contribution in [0.1, 0.15) is 16.7 Å². The molecule has 1 heterocycles. The Morgan fingerprint density at radius 2 is 2.00 bits per heavy atom. The molecule has 0 aliphatic heterocycles. The molecule has 0 atom stereocenters. The number of hydrogen-bond donors (Lipinski definition) is 1. The largest absolute Gasteiger partial charge is 0.392 e. The maximum atomic E-state index is 8.96. The van der Waals surface area contributed by atoms with E-state index in [-0.39, 0.29) is 6.61 Å². The second kappa shape index (κ2) is 4.32. The molecule has 0 unspecified atom stereocenters. The molecule has 0 fully saturated rings. The number of benzene rings is 1. The first-order chi connectivity index (χ1) is 7.29. The Morgan fingerprint density at radius 1 is 1.20 bits per heavy atom. The smallest absolute Gasteiger partial charge is 0.0696 e. The molecule has 2 aromatic rings. The van der Waals surface area contributed by atoms with E-state index in [0.29, 0.717) is 0 Å². The maximum absolute atomic E-state index is 8.96. The Kier molecular flexibility index (Phi) is 2.88. The fraction of sp³-hybridized carbons (Fsp3) is 0.231. The van der Waals surface area contributed by atoms with E-state index in [4.69, 9.17) is 5.11 Å². The topological polar surface area (TPSA) is 25.2 Å². The van der Waals surface area contributed by atoms with Crippen LogP contribution in [0.2, 0.25) is 0 Å². The van der Waals surface area contributed by atoms with Gasteiger partial charge in [-0.1, -0.05) is 24.3 Å². The molecule has 1 aromatic heterocycles. The summed E-state index contributed by atoms with van der Waals surface area (Å²) in [5.41, 5.74) is 3.58. The highest BCUT2D eigenvalue weighted by Gasteiger charge is 1.99. The zero-order valence-corrected chi connectivity index (χ0v) is 8.85. The van der Waals surface area contributed by atoms with Crippen LogP contribution in [0, 0.1) is 6.92 Å². The van der Waals surface area contributed by atoms with Crippen molar-refractivity contribution in [2.45, 2.75) is 20.1 Å². The number of hydrogen-bond acceptors (Lipinski definition) is 1. The Labute approximate surface area is 89.8 Å². The molecule has 2 heteroatoms. The molecule has 0 bridgehead atoms. The van der Waals surface area contributed by atoms with Gasteiger partial charge in [0.25, 0.3) is 0 Å². The van der Waals surface area contributed by atoms with E-state index in [9.17, 15) is 0 Å². The zero-order valence-electron chi connectivity index (χ0n) is 8.85. The van der Waals surface area contributed by atoms with Crippen LogP contribution in [-0.2, 0) is 13.2 Å². The molecule has 1 N–H and O–H groups in total. The van der Waals surface area contributed by atoms with Crippen LogP contribution in [0.4, 0.5) is 0 Å². The fourth-order valence-corrected chi connectivity index (χ4v) is 1.67. The summed E-state index contributed by atoms with van der Waals surface area (Å²) >= 11 is 0. The van der Waals surface area contributed by atoms with E-state index in [2.05, 4.69) is 29.7 Å². The van der Waals surface area contributed by atoms with Crippen molar-refractivity contribution in [2.24, 2.45) is 0 Å². The summed E-state index contributed by atoms with van der Waals surface area (Å²) in [6.45, 7) is 3.10. The van der Waals surface area contributed by atoms with Gasteiger partial charge in [0, 0.05) is 18.9 Å². The first-order valence-electron chi connectivity index (χ1n) is 5.09. The fourth-order valence-electron chi connectivity index (χ4n) is 1.67. The summed E-state index contributed by atoms with van der Waals surface area (Å²) in [5, 5.41) is 8.96. The van der Waals surface area contributed by atoms with Gasteiger partial charge < -0.3 is 9.67 Å². The van der Waals surface area contributed by atoms with Gasteiger partial charge >= 0.3 is 0 Å². The van der Waals surface area contributed by atoms with Crippen LogP contribution in [0.3, 0.4) is 0 Å². The van der Waals surface area contributed by atoms with Crippen molar-refractivity contribution in [3.05, 3.63) is 59.4 Å². The van der Waals surface area contributed by atoms with E-state index in [1.165, 1.54) is 11.1 Å². The number of aliphatic hydroxyl groups excluding tert-OH is 1. The van der Waals surface area contributed by atoms with Gasteiger partial charge in [0.15, 0.2) is 0 Å². The summed E-state index contributed by atoms with van der Waals surface area (Å²) in [6, 6.07) is 10.3. The summed E-state index contributed by atoms with van der Waals surface area (Å²) in [4.78, 5) is 0. The van der Waals surface area contributed by atoms with Crippen molar-refractivity contribution in [3.63, 3.8) is 0 Å². The molecular formula is C13H15NO. The van der Waals surface area contributed by atoms with Crippen molar-refractivity contribution in [2.75, 3.05) is 0 Å². The lowest BCUT2D eigenvalue weighted by Crippen LogP contribution is -1.98. The predicted octanol–water partition coefficient (Wildman–Crippen LogP) is 2.34. The Hall–Kier alpha value is -1.54. The molecule has 0 saturated heterocycles. The van der Waals surface area contributed by atoms with Gasteiger partial charge in [-0.3, -0.25) is 0 Å². The standard InChI is InChI=1S/C13H15NO/c1-11-4-2-3-5-13(11)9-14-7-6-12(8-14)10-15/h2-8,15H,9-10H2,1H3. The Morgan fingerprint density at radius 3 is 2.67 bits per heavy atom. The molecule has 0 aliphatic rings. The van der Waals surface area contributed by atoms with Crippen LogP contribution in [0.25, 0.3) is 0 Å². The summed E-state index contributed by atoms with van der Waals surface area (Å²) in [5.74, 6) is 0.